The topological polar surface area (TPSA) is 0 Å². The zero-order valence-corrected chi connectivity index (χ0v) is 56.0. The summed E-state index contributed by atoms with van der Waals surface area (Å²) in [6.45, 7) is 52.9. The lowest BCUT2D eigenvalue weighted by Crippen LogP contribution is -2.23. The third kappa shape index (κ3) is 86.7. The Morgan fingerprint density at radius 1 is 0.458 bits per heavy atom. The van der Waals surface area contributed by atoms with Gasteiger partial charge in [-0.3, -0.25) is 0 Å². The van der Waals surface area contributed by atoms with Gasteiger partial charge in [0.05, 0.1) is 0 Å². The molecule has 0 heteroatoms. The minimum absolute atomic E-state index is 0.0556. The van der Waals surface area contributed by atoms with E-state index >= 15 is 0 Å². The Morgan fingerprint density at radius 3 is 0.861 bits per heavy atom. The van der Waals surface area contributed by atoms with Crippen molar-refractivity contribution >= 4 is 0 Å². The molecule has 0 aromatic rings. The third-order valence-electron chi connectivity index (χ3n) is 13.1. The van der Waals surface area contributed by atoms with Crippen LogP contribution in [-0.2, 0) is 0 Å². The molecule has 72 heavy (non-hydrogen) atoms. The molecule has 0 heterocycles. The molecule has 0 aromatic heterocycles. The van der Waals surface area contributed by atoms with Crippen LogP contribution >= 0.6 is 0 Å². The Bertz CT molecular complexity index is 1340. The predicted molar refractivity (Wildman–Crippen MR) is 347 cm³/mol. The summed E-state index contributed by atoms with van der Waals surface area (Å²) in [7, 11) is 0. The lowest BCUT2D eigenvalue weighted by Gasteiger charge is -2.36. The highest BCUT2D eigenvalue weighted by Crippen LogP contribution is 2.50. The zero-order chi connectivity index (χ0) is 69.0. The number of rotatable bonds is 5. The largest absolute Gasteiger partial charge is 0.0683 e. The normalized spacial score (nSPS) is 23.1. The first-order valence-electron chi connectivity index (χ1n) is 38.0. The molecule has 0 unspecified atom stereocenters. The average molecular weight is 1040 g/mol. The van der Waals surface area contributed by atoms with Crippen molar-refractivity contribution in [3.05, 3.63) is 0 Å². The van der Waals surface area contributed by atoms with Crippen molar-refractivity contribution < 1.29 is 17.8 Å². The van der Waals surface area contributed by atoms with Crippen molar-refractivity contribution in [2.75, 3.05) is 0 Å². The van der Waals surface area contributed by atoms with Gasteiger partial charge in [0.15, 0.2) is 0 Å². The fraction of sp³-hybridized carbons (Fsp3) is 1.00. The van der Waals surface area contributed by atoms with Crippen LogP contribution in [0.2, 0.25) is 0 Å². The van der Waals surface area contributed by atoms with Crippen LogP contribution in [0.25, 0.3) is 0 Å². The molecule has 0 aromatic carbocycles. The summed E-state index contributed by atoms with van der Waals surface area (Å²) in [5.74, 6) is 1.46. The number of unbranched alkanes of at least 4 members (excludes halogenated alkanes) is 1. The highest BCUT2D eigenvalue weighted by molar-refractivity contribution is 4.88. The Kier molecular flexibility index (Phi) is 52.6. The Balaban J connectivity index is -0.000000158. The van der Waals surface area contributed by atoms with Crippen molar-refractivity contribution in [2.45, 2.75) is 411 Å². The Hall–Kier alpha value is 0. The maximum Gasteiger partial charge on any atom is 0.0300 e. The third-order valence-corrected chi connectivity index (χ3v) is 13.1. The maximum absolute atomic E-state index is 7.63. The first-order valence-corrected chi connectivity index (χ1v) is 31.5. The summed E-state index contributed by atoms with van der Waals surface area (Å²) < 4.78 is 94.1. The van der Waals surface area contributed by atoms with Crippen LogP contribution in [0.1, 0.15) is 429 Å². The van der Waals surface area contributed by atoms with Crippen LogP contribution in [0, 0.1) is 57.6 Å². The Morgan fingerprint density at radius 2 is 0.694 bits per heavy atom. The smallest absolute Gasteiger partial charge is 0.0300 e. The van der Waals surface area contributed by atoms with Gasteiger partial charge in [-0.1, -0.05) is 386 Å². The zero-order valence-electron chi connectivity index (χ0n) is 69.0. The van der Waals surface area contributed by atoms with Gasteiger partial charge in [0, 0.05) is 17.8 Å². The lowest BCUT2D eigenvalue weighted by molar-refractivity contribution is 0.162. The summed E-state index contributed by atoms with van der Waals surface area (Å²) in [5.41, 5.74) is 1.12. The first-order chi connectivity index (χ1) is 38.0. The van der Waals surface area contributed by atoms with Gasteiger partial charge < -0.3 is 0 Å². The van der Waals surface area contributed by atoms with Crippen molar-refractivity contribution in [3.8, 4) is 0 Å². The van der Waals surface area contributed by atoms with E-state index in [2.05, 4.69) is 62.3 Å². The maximum atomic E-state index is 7.63. The van der Waals surface area contributed by atoms with E-state index in [1.54, 1.807) is 60.3 Å². The molecule has 1 spiro atoms. The van der Waals surface area contributed by atoms with Crippen LogP contribution in [0.5, 0.6) is 0 Å². The highest BCUT2D eigenvalue weighted by Gasteiger charge is 2.36. The fourth-order valence-electron chi connectivity index (χ4n) is 7.74. The molecule has 6 aliphatic rings. The highest BCUT2D eigenvalue weighted by atomic mass is 14.4. The standard InChI is InChI=1S/C11H20.C8H16.2C7H14.C6H12.C6H14.2C5H12.3C4H10.C3H8.C2H6/c1-10-4-8-11(9-5-10)6-2-3-7-11;1-2-8-6-4-3-5-7-8;1-7-5-3-2-4-6-7;1-2-7-5-3-4-6-7;1-6-4-2-3-5-6;1-5-6(2,3)4;1-5(2,3)4;1-4-5(2)3;1-4(2)3;2*1-3-4-2;1-3-2;1-2/h10H,2-9H2,1H3;8H,2-7H2,1H3;2*7H,2-6H2,1H3;6H,2-5H2,1H3;5H2,1-4H3;1-4H3;5H,4H2,1-3H3;4H,1-3H3;2*3-4H2,1-2H3;3H2,1-2H3;1-2H3/i;2D2;7D;2D2;6D;5D2;;4D2;4D;3D2;;;. The summed E-state index contributed by atoms with van der Waals surface area (Å²) in [6.07, 6.45) is 33.5. The van der Waals surface area contributed by atoms with Crippen LogP contribution in [0.3, 0.4) is 0 Å². The second-order valence-corrected chi connectivity index (χ2v) is 25.3. The van der Waals surface area contributed by atoms with Gasteiger partial charge in [-0.25, -0.2) is 0 Å². The molecule has 446 valence electrons. The van der Waals surface area contributed by atoms with Crippen molar-refractivity contribution in [2.24, 2.45) is 57.6 Å². The fourth-order valence-corrected chi connectivity index (χ4v) is 7.74. The summed E-state index contributed by atoms with van der Waals surface area (Å²) in [6, 6.07) is 0. The molecule has 6 saturated carbocycles. The molecule has 0 amide bonds. The predicted octanol–water partition coefficient (Wildman–Crippen LogP) is 28.4. The molecule has 0 saturated heterocycles. The van der Waals surface area contributed by atoms with E-state index in [0.717, 1.165) is 62.7 Å². The summed E-state index contributed by atoms with van der Waals surface area (Å²) in [4.78, 5) is 0. The number of hydrogen-bond acceptors (Lipinski definition) is 0. The molecule has 6 rings (SSSR count). The lowest BCUT2D eigenvalue weighted by atomic mass is 9.70. The van der Waals surface area contributed by atoms with E-state index < -0.39 is 31.9 Å². The molecule has 0 atom stereocenters. The molecule has 0 N–H and O–H groups in total. The SMILES string of the molecule is CC.CC(C)(C)C.CC1CCC2(CCCC2)CC1.CCC.CCCC.[2H]C(C)(C)C.[2H]C([2H])(C)C(C)(C)C.[2H]C([2H])(C)C(C)C.[2H]C([2H])(C)C1CCCC1.[2H]C([2H])(C)C1CCCCC1.[2H]C([2H])(C)CC.[2H]C1(C)CCCC1.[2H]C1(C)CCCCC1. The van der Waals surface area contributed by atoms with Crippen LogP contribution in [-0.4, -0.2) is 0 Å². The van der Waals surface area contributed by atoms with E-state index in [0.29, 0.717) is 23.7 Å². The monoisotopic (exact) mass is 1040 g/mol. The summed E-state index contributed by atoms with van der Waals surface area (Å²) >= 11 is 0. The molecule has 0 nitrogen and oxygen atoms in total. The molecular formula is C72H158. The van der Waals surface area contributed by atoms with Crippen LogP contribution in [0.15, 0.2) is 0 Å². The molecule has 0 aliphatic heterocycles. The van der Waals surface area contributed by atoms with E-state index in [-0.39, 0.29) is 29.0 Å². The summed E-state index contributed by atoms with van der Waals surface area (Å²) in [5, 5.41) is 0. The minimum atomic E-state index is -1.06. The quantitative estimate of drug-likeness (QED) is 0.257. The van der Waals surface area contributed by atoms with E-state index in [9.17, 15) is 0 Å². The van der Waals surface area contributed by atoms with Gasteiger partial charge in [-0.2, -0.15) is 0 Å². The molecular weight excluding hydrogens is 865 g/mol. The minimum Gasteiger partial charge on any atom is -0.0683 e. The molecule has 6 aliphatic carbocycles. The van der Waals surface area contributed by atoms with Crippen LogP contribution < -0.4 is 0 Å². The van der Waals surface area contributed by atoms with Gasteiger partial charge in [0.2, 0.25) is 0 Å². The van der Waals surface area contributed by atoms with Gasteiger partial charge in [0.1, 0.15) is 0 Å². The van der Waals surface area contributed by atoms with Gasteiger partial charge in [-0.15, -0.1) is 0 Å². The van der Waals surface area contributed by atoms with Crippen molar-refractivity contribution in [3.63, 3.8) is 0 Å². The van der Waals surface area contributed by atoms with Gasteiger partial charge >= 0.3 is 0 Å². The van der Waals surface area contributed by atoms with E-state index in [4.69, 9.17) is 17.8 Å². The second-order valence-electron chi connectivity index (χ2n) is 25.3. The van der Waals surface area contributed by atoms with E-state index in [1.165, 1.54) is 109 Å². The molecule has 0 bridgehead atoms. The Labute approximate surface area is 485 Å². The first kappa shape index (κ1) is 59.7. The van der Waals surface area contributed by atoms with Gasteiger partial charge in [-0.05, 0) is 83.3 Å². The van der Waals surface area contributed by atoms with Crippen molar-refractivity contribution in [1.29, 1.82) is 0 Å². The van der Waals surface area contributed by atoms with Crippen LogP contribution in [0.4, 0.5) is 0 Å². The molecule has 0 radical (unpaired) electrons. The van der Waals surface area contributed by atoms with Gasteiger partial charge in [0.25, 0.3) is 0 Å². The second kappa shape index (κ2) is 63.5. The van der Waals surface area contributed by atoms with E-state index in [1.807, 2.05) is 90.0 Å². The molecule has 6 fully saturated rings. The van der Waals surface area contributed by atoms with Crippen molar-refractivity contribution in [1.82, 2.24) is 0 Å². The number of hydrogen-bond donors (Lipinski definition) is 0. The average Bonchev–Trinajstić information content (AvgIpc) is 4.14.